The predicted molar refractivity (Wildman–Crippen MR) is 149 cm³/mol. The molecule has 38 heavy (non-hydrogen) atoms. The normalized spacial score (nSPS) is 35.0. The monoisotopic (exact) mass is 535 g/mol. The van der Waals surface area contributed by atoms with Crippen LogP contribution >= 0.6 is 0 Å². The molecule has 7 unspecified atom stereocenters. The minimum atomic E-state index is -0.961. The van der Waals surface area contributed by atoms with Crippen molar-refractivity contribution in [2.75, 3.05) is 40.3 Å². The Morgan fingerprint density at radius 2 is 2.03 bits per heavy atom. The number of hydrogen-bond donors (Lipinski definition) is 6. The first-order valence-corrected chi connectivity index (χ1v) is 14.6. The van der Waals surface area contributed by atoms with Crippen molar-refractivity contribution >= 4 is 5.91 Å². The Kier molecular flexibility index (Phi) is 10.1. The van der Waals surface area contributed by atoms with E-state index in [1.807, 2.05) is 6.20 Å². The number of alkyl halides is 1. The largest absolute Gasteiger partial charge is 0.487 e. The van der Waals surface area contributed by atoms with Crippen LogP contribution < -0.4 is 32.3 Å². The highest BCUT2D eigenvalue weighted by molar-refractivity contribution is 5.82. The molecule has 0 aromatic heterocycles. The highest BCUT2D eigenvalue weighted by Gasteiger charge is 2.56. The topological polar surface area (TPSA) is 116 Å². The van der Waals surface area contributed by atoms with Crippen molar-refractivity contribution in [2.45, 2.75) is 95.4 Å². The molecule has 0 aromatic carbocycles. The summed E-state index contributed by atoms with van der Waals surface area (Å²) >= 11 is 0. The minimum absolute atomic E-state index is 0.0508. The average Bonchev–Trinajstić information content (AvgIpc) is 2.94. The summed E-state index contributed by atoms with van der Waals surface area (Å²) in [5.74, 6) is 0.246. The quantitative estimate of drug-likeness (QED) is 0.248. The number of halogens is 1. The molecular weight excluding hydrogens is 485 g/mol. The number of ether oxygens (including phenoxy) is 1. The number of likely N-dealkylation sites (N-methyl/N-ethyl adjacent to an activating group) is 1. The Morgan fingerprint density at radius 3 is 2.68 bits per heavy atom. The average molecular weight is 536 g/mol. The highest BCUT2D eigenvalue weighted by Crippen LogP contribution is 2.47. The van der Waals surface area contributed by atoms with Crippen molar-refractivity contribution in [3.8, 4) is 0 Å². The second-order valence-corrected chi connectivity index (χ2v) is 11.9. The highest BCUT2D eigenvalue weighted by atomic mass is 19.1. The van der Waals surface area contributed by atoms with Crippen molar-refractivity contribution in [3.63, 3.8) is 0 Å². The van der Waals surface area contributed by atoms with Crippen molar-refractivity contribution in [1.82, 2.24) is 31.5 Å². The third kappa shape index (κ3) is 6.53. The second kappa shape index (κ2) is 13.1. The molecule has 0 saturated carbocycles. The molecule has 0 radical (unpaired) electrons. The van der Waals surface area contributed by atoms with E-state index < -0.39 is 18.3 Å². The molecule has 1 amide bonds. The standard InChI is InChI=1S/C28H50FN7O2/c1-5-10-28(11-6-2)23-13-18(29)14-33-25(28)24(26(30)35-23)27(37)34-21-16-31-12-9-22(21)38-20-8-7-19(32-15-20)17-36(3)4/h8,16,18-19,22-26,31-33,35H,5-7,9-15,17,30H2,1-4H3,(H,34,37). The van der Waals surface area contributed by atoms with Crippen LogP contribution in [0.1, 0.15) is 58.8 Å². The zero-order valence-corrected chi connectivity index (χ0v) is 23.7. The molecule has 0 aliphatic carbocycles. The fourth-order valence-electron chi connectivity index (χ4n) is 7.18. The van der Waals surface area contributed by atoms with Gasteiger partial charge in [-0.3, -0.25) is 10.1 Å². The van der Waals surface area contributed by atoms with E-state index in [1.54, 1.807) is 0 Å². The van der Waals surface area contributed by atoms with Gasteiger partial charge in [0.25, 0.3) is 0 Å². The van der Waals surface area contributed by atoms with Gasteiger partial charge >= 0.3 is 0 Å². The van der Waals surface area contributed by atoms with Gasteiger partial charge in [-0.05, 0) is 45.9 Å². The van der Waals surface area contributed by atoms with E-state index in [4.69, 9.17) is 10.5 Å². The van der Waals surface area contributed by atoms with Crippen LogP contribution in [-0.2, 0) is 9.53 Å². The van der Waals surface area contributed by atoms with Gasteiger partial charge in [0.1, 0.15) is 18.0 Å². The summed E-state index contributed by atoms with van der Waals surface area (Å²) in [6.07, 6.45) is 8.14. The van der Waals surface area contributed by atoms with Crippen molar-refractivity contribution in [1.29, 1.82) is 0 Å². The van der Waals surface area contributed by atoms with E-state index in [9.17, 15) is 9.18 Å². The molecule has 4 heterocycles. The molecule has 7 atom stereocenters. The first-order valence-electron chi connectivity index (χ1n) is 14.6. The zero-order valence-electron chi connectivity index (χ0n) is 23.7. The number of hydrogen-bond acceptors (Lipinski definition) is 8. The van der Waals surface area contributed by atoms with Crippen molar-refractivity contribution < 1.29 is 13.9 Å². The molecule has 4 rings (SSSR count). The van der Waals surface area contributed by atoms with Crippen molar-refractivity contribution in [2.24, 2.45) is 17.1 Å². The van der Waals surface area contributed by atoms with Crippen LogP contribution in [0, 0.1) is 11.3 Å². The maximum atomic E-state index is 14.8. The fraction of sp³-hybridized carbons (Fsp3) is 0.821. The van der Waals surface area contributed by atoms with Crippen LogP contribution in [0.15, 0.2) is 23.7 Å². The first-order chi connectivity index (χ1) is 18.3. The molecule has 2 bridgehead atoms. The molecule has 10 heteroatoms. The maximum Gasteiger partial charge on any atom is 0.231 e. The van der Waals surface area contributed by atoms with Gasteiger partial charge in [0.2, 0.25) is 5.91 Å². The molecular formula is C28H50FN7O2. The first kappa shape index (κ1) is 29.3. The van der Waals surface area contributed by atoms with Gasteiger partial charge in [0.15, 0.2) is 0 Å². The Hall–Kier alpha value is -1.72. The van der Waals surface area contributed by atoms with E-state index in [1.165, 1.54) is 0 Å². The number of piperidine rings is 1. The number of nitrogens with zero attached hydrogens (tertiary/aromatic N) is 1. The van der Waals surface area contributed by atoms with Crippen LogP contribution in [-0.4, -0.2) is 87.6 Å². The number of carbonyl (C=O) groups is 1. The van der Waals surface area contributed by atoms with Crippen LogP contribution in [0.25, 0.3) is 0 Å². The van der Waals surface area contributed by atoms with E-state index in [0.29, 0.717) is 19.0 Å². The smallest absolute Gasteiger partial charge is 0.231 e. The Bertz CT molecular complexity index is 860. The summed E-state index contributed by atoms with van der Waals surface area (Å²) in [7, 11) is 4.16. The Morgan fingerprint density at radius 1 is 1.26 bits per heavy atom. The van der Waals surface area contributed by atoms with Crippen LogP contribution in [0.2, 0.25) is 0 Å². The van der Waals surface area contributed by atoms with Crippen molar-refractivity contribution in [3.05, 3.63) is 23.7 Å². The van der Waals surface area contributed by atoms with E-state index >= 15 is 0 Å². The summed E-state index contributed by atoms with van der Waals surface area (Å²) in [6.45, 7) is 7.01. The number of fused-ring (bicyclic) bond motifs is 2. The summed E-state index contributed by atoms with van der Waals surface area (Å²) in [6, 6.07) is 0.164. The Balaban J connectivity index is 1.49. The predicted octanol–water partition coefficient (Wildman–Crippen LogP) is 1.29. The summed E-state index contributed by atoms with van der Waals surface area (Å²) < 4.78 is 21.2. The van der Waals surface area contributed by atoms with Gasteiger partial charge in [0, 0.05) is 55.8 Å². The number of nitrogens with two attached hydrogens (primary N) is 1. The van der Waals surface area contributed by atoms with Gasteiger partial charge in [-0.15, -0.1) is 0 Å². The van der Waals surface area contributed by atoms with Gasteiger partial charge in [-0.25, -0.2) is 4.39 Å². The molecule has 9 nitrogen and oxygen atoms in total. The van der Waals surface area contributed by atoms with Crippen LogP contribution in [0.5, 0.6) is 0 Å². The lowest BCUT2D eigenvalue weighted by Crippen LogP contribution is -2.72. The number of carbonyl (C=O) groups excluding carboxylic acids is 1. The Labute approximate surface area is 227 Å². The third-order valence-corrected chi connectivity index (χ3v) is 8.73. The summed E-state index contributed by atoms with van der Waals surface area (Å²) in [5.41, 5.74) is 7.11. The molecule has 7 N–H and O–H groups in total. The number of rotatable bonds is 10. The number of amides is 1. The van der Waals surface area contributed by atoms with E-state index in [-0.39, 0.29) is 36.1 Å². The van der Waals surface area contributed by atoms with E-state index in [2.05, 4.69) is 65.5 Å². The molecule has 4 aliphatic heterocycles. The molecule has 216 valence electrons. The molecule has 2 saturated heterocycles. The third-order valence-electron chi connectivity index (χ3n) is 8.73. The molecule has 0 spiro atoms. The van der Waals surface area contributed by atoms with Crippen LogP contribution in [0.3, 0.4) is 0 Å². The fourth-order valence-corrected chi connectivity index (χ4v) is 7.18. The van der Waals surface area contributed by atoms with Gasteiger partial charge < -0.3 is 36.6 Å². The minimum Gasteiger partial charge on any atom is -0.487 e. The molecule has 4 aliphatic rings. The van der Waals surface area contributed by atoms with E-state index in [0.717, 1.165) is 63.1 Å². The summed E-state index contributed by atoms with van der Waals surface area (Å²) in [5, 5.41) is 16.9. The second-order valence-electron chi connectivity index (χ2n) is 11.9. The number of nitrogens with one attached hydrogen (secondary N) is 5. The van der Waals surface area contributed by atoms with Gasteiger partial charge in [-0.1, -0.05) is 26.7 Å². The molecule has 0 aromatic rings. The van der Waals surface area contributed by atoms with Gasteiger partial charge in [0.05, 0.1) is 24.3 Å². The summed E-state index contributed by atoms with van der Waals surface area (Å²) in [4.78, 5) is 16.1. The zero-order chi connectivity index (χ0) is 27.3. The molecule has 2 fully saturated rings. The SMILES string of the molecule is CCCC1(CCC)C2CC(F)CNC1C(C(=O)NC1=CNCCC1OC1=CCC(CN(C)C)NC1)C(N)N2. The van der Waals surface area contributed by atoms with Crippen LogP contribution in [0.4, 0.5) is 4.39 Å². The lowest BCUT2D eigenvalue weighted by Gasteiger charge is -2.54. The maximum absolute atomic E-state index is 14.8. The van der Waals surface area contributed by atoms with Gasteiger partial charge in [-0.2, -0.15) is 0 Å². The lowest BCUT2D eigenvalue weighted by molar-refractivity contribution is -0.131. The lowest BCUT2D eigenvalue weighted by atomic mass is 9.60.